The highest BCUT2D eigenvalue weighted by atomic mass is 19.1. The van der Waals surface area contributed by atoms with E-state index in [0.29, 0.717) is 23.8 Å². The third kappa shape index (κ3) is 4.14. The normalized spacial score (nSPS) is 14.7. The van der Waals surface area contributed by atoms with E-state index < -0.39 is 0 Å². The van der Waals surface area contributed by atoms with Gasteiger partial charge in [-0.1, -0.05) is 12.1 Å². The van der Waals surface area contributed by atoms with Crippen molar-refractivity contribution in [1.29, 1.82) is 0 Å². The highest BCUT2D eigenvalue weighted by Gasteiger charge is 2.16. The quantitative estimate of drug-likeness (QED) is 0.480. The predicted molar refractivity (Wildman–Crippen MR) is 118 cm³/mol. The van der Waals surface area contributed by atoms with Gasteiger partial charge in [-0.05, 0) is 62.5 Å². The zero-order chi connectivity index (χ0) is 21.0. The van der Waals surface area contributed by atoms with E-state index in [4.69, 9.17) is 4.74 Å². The lowest BCUT2D eigenvalue weighted by atomic mass is 9.95. The molecule has 0 unspecified atom stereocenters. The number of fused-ring (bicyclic) bond motifs is 1. The topological polar surface area (TPSA) is 75.7 Å². The number of pyridine rings is 2. The summed E-state index contributed by atoms with van der Waals surface area (Å²) in [6, 6.07) is 10.4. The van der Waals surface area contributed by atoms with Gasteiger partial charge in [0.25, 0.3) is 0 Å². The number of rotatable bonds is 6. The van der Waals surface area contributed by atoms with Crippen LogP contribution in [0.5, 0.6) is 5.75 Å². The fourth-order valence-corrected chi connectivity index (χ4v) is 4.13. The molecule has 4 heterocycles. The van der Waals surface area contributed by atoms with E-state index in [1.807, 2.05) is 12.1 Å². The number of aromatic nitrogens is 4. The summed E-state index contributed by atoms with van der Waals surface area (Å²) < 4.78 is 20.5. The van der Waals surface area contributed by atoms with Gasteiger partial charge in [0.1, 0.15) is 17.3 Å². The van der Waals surface area contributed by atoms with Gasteiger partial charge in [0.15, 0.2) is 0 Å². The average Bonchev–Trinajstić information content (AvgIpc) is 3.23. The first-order valence-electron chi connectivity index (χ1n) is 10.7. The lowest BCUT2D eigenvalue weighted by molar-refractivity contribution is 0.252. The van der Waals surface area contributed by atoms with E-state index in [1.54, 1.807) is 36.8 Å². The molecule has 4 aromatic rings. The zero-order valence-electron chi connectivity index (χ0n) is 17.1. The number of piperidine rings is 1. The van der Waals surface area contributed by atoms with Crippen LogP contribution in [0.3, 0.4) is 0 Å². The van der Waals surface area contributed by atoms with Crippen molar-refractivity contribution in [2.45, 2.75) is 19.3 Å². The van der Waals surface area contributed by atoms with Crippen molar-refractivity contribution in [3.8, 4) is 28.3 Å². The van der Waals surface area contributed by atoms with Crippen LogP contribution in [0.2, 0.25) is 0 Å². The van der Waals surface area contributed by atoms with Gasteiger partial charge in [0.05, 0.1) is 29.6 Å². The molecule has 0 aliphatic carbocycles. The molecule has 0 atom stereocenters. The van der Waals surface area contributed by atoms with Gasteiger partial charge in [-0.3, -0.25) is 15.1 Å². The Labute approximate surface area is 179 Å². The van der Waals surface area contributed by atoms with Crippen molar-refractivity contribution in [2.24, 2.45) is 5.92 Å². The Bertz CT molecular complexity index is 1190. The van der Waals surface area contributed by atoms with Gasteiger partial charge in [0, 0.05) is 23.3 Å². The minimum Gasteiger partial charge on any atom is -0.493 e. The molecule has 0 saturated carbocycles. The zero-order valence-corrected chi connectivity index (χ0v) is 17.1. The Morgan fingerprint density at radius 1 is 1.06 bits per heavy atom. The highest BCUT2D eigenvalue weighted by molar-refractivity contribution is 5.94. The van der Waals surface area contributed by atoms with E-state index in [0.717, 1.165) is 47.4 Å². The Morgan fingerprint density at radius 3 is 2.81 bits per heavy atom. The van der Waals surface area contributed by atoms with Gasteiger partial charge in [-0.2, -0.15) is 5.10 Å². The first-order chi connectivity index (χ1) is 15.3. The first-order valence-corrected chi connectivity index (χ1v) is 10.7. The molecule has 158 valence electrons. The maximum Gasteiger partial charge on any atom is 0.132 e. The molecule has 7 heteroatoms. The van der Waals surface area contributed by atoms with Crippen LogP contribution >= 0.6 is 0 Å². The van der Waals surface area contributed by atoms with Crippen LogP contribution in [0.4, 0.5) is 4.39 Å². The van der Waals surface area contributed by atoms with Crippen molar-refractivity contribution < 1.29 is 9.13 Å². The molecule has 0 spiro atoms. The third-order valence-electron chi connectivity index (χ3n) is 5.88. The van der Waals surface area contributed by atoms with Crippen molar-refractivity contribution in [3.63, 3.8) is 0 Å². The number of nitrogens with one attached hydrogen (secondary N) is 2. The molecule has 6 nitrogen and oxygen atoms in total. The Hall–Kier alpha value is -3.32. The minimum atomic E-state index is -0.308. The molecule has 1 fully saturated rings. The van der Waals surface area contributed by atoms with Crippen molar-refractivity contribution >= 4 is 10.9 Å². The molecule has 1 saturated heterocycles. The summed E-state index contributed by atoms with van der Waals surface area (Å²) in [5.74, 6) is 1.15. The van der Waals surface area contributed by atoms with E-state index >= 15 is 0 Å². The van der Waals surface area contributed by atoms with Crippen LogP contribution in [-0.2, 0) is 0 Å². The highest BCUT2D eigenvalue weighted by Crippen LogP contribution is 2.33. The lowest BCUT2D eigenvalue weighted by Gasteiger charge is -2.22. The number of aromatic amines is 1. The van der Waals surface area contributed by atoms with Crippen molar-refractivity contribution in [3.05, 3.63) is 60.8 Å². The monoisotopic (exact) mass is 417 g/mol. The standard InChI is InChI=1S/C24H24FN5O/c25-20-4-2-1-3-17(20)24-18-13-21(28-15-22(18)29-30-24)19-14-27-11-7-23(19)31-12-8-16-5-9-26-10-6-16/h1-4,7,11,13-16,26H,5-6,8-10,12H2,(H,29,30). The second kappa shape index (κ2) is 8.81. The number of benzene rings is 1. The predicted octanol–water partition coefficient (Wildman–Crippen LogP) is 4.59. The van der Waals surface area contributed by atoms with Gasteiger partial charge in [-0.15, -0.1) is 0 Å². The molecule has 0 radical (unpaired) electrons. The van der Waals surface area contributed by atoms with Crippen LogP contribution in [-0.4, -0.2) is 39.9 Å². The van der Waals surface area contributed by atoms with E-state index in [-0.39, 0.29) is 5.82 Å². The van der Waals surface area contributed by atoms with Crippen molar-refractivity contribution in [1.82, 2.24) is 25.5 Å². The van der Waals surface area contributed by atoms with E-state index in [1.165, 1.54) is 18.9 Å². The summed E-state index contributed by atoms with van der Waals surface area (Å²) in [6.07, 6.45) is 8.64. The number of H-pyrrole nitrogens is 1. The summed E-state index contributed by atoms with van der Waals surface area (Å²) >= 11 is 0. The van der Waals surface area contributed by atoms with E-state index in [9.17, 15) is 4.39 Å². The maximum absolute atomic E-state index is 14.4. The molecule has 31 heavy (non-hydrogen) atoms. The van der Waals surface area contributed by atoms with Crippen LogP contribution < -0.4 is 10.1 Å². The Kier molecular flexibility index (Phi) is 5.58. The molecular weight excluding hydrogens is 393 g/mol. The van der Waals surface area contributed by atoms with Crippen LogP contribution in [0.1, 0.15) is 19.3 Å². The lowest BCUT2D eigenvalue weighted by Crippen LogP contribution is -2.28. The van der Waals surface area contributed by atoms with Crippen LogP contribution in [0.15, 0.2) is 55.0 Å². The maximum atomic E-state index is 14.4. The smallest absolute Gasteiger partial charge is 0.132 e. The number of ether oxygens (including phenoxy) is 1. The van der Waals surface area contributed by atoms with Crippen molar-refractivity contribution in [2.75, 3.05) is 19.7 Å². The fourth-order valence-electron chi connectivity index (χ4n) is 4.13. The first kappa shape index (κ1) is 19.6. The number of hydrogen-bond donors (Lipinski definition) is 2. The average molecular weight is 417 g/mol. The second-order valence-electron chi connectivity index (χ2n) is 7.87. The number of hydrogen-bond acceptors (Lipinski definition) is 5. The molecule has 1 aliphatic heterocycles. The molecule has 1 aromatic carbocycles. The molecule has 0 amide bonds. The van der Waals surface area contributed by atoms with Gasteiger partial charge >= 0.3 is 0 Å². The molecule has 3 aromatic heterocycles. The van der Waals surface area contributed by atoms with Crippen LogP contribution in [0, 0.1) is 11.7 Å². The molecule has 1 aliphatic rings. The van der Waals surface area contributed by atoms with Gasteiger partial charge in [-0.25, -0.2) is 4.39 Å². The summed E-state index contributed by atoms with van der Waals surface area (Å²) in [4.78, 5) is 8.84. The number of halogens is 1. The summed E-state index contributed by atoms with van der Waals surface area (Å²) in [6.45, 7) is 2.84. The SMILES string of the molecule is Fc1ccccc1-c1n[nH]c2cnc(-c3cnccc3OCCC3CCNCC3)cc12. The van der Waals surface area contributed by atoms with Gasteiger partial charge < -0.3 is 10.1 Å². The third-order valence-corrected chi connectivity index (χ3v) is 5.88. The molecule has 2 N–H and O–H groups in total. The Balaban J connectivity index is 1.43. The Morgan fingerprint density at radius 2 is 1.94 bits per heavy atom. The molecule has 5 rings (SSSR count). The molecule has 0 bridgehead atoms. The number of nitrogens with zero attached hydrogens (tertiary/aromatic N) is 3. The fraction of sp³-hybridized carbons (Fsp3) is 0.292. The molecular formula is C24H24FN5O. The summed E-state index contributed by atoms with van der Waals surface area (Å²) in [7, 11) is 0. The summed E-state index contributed by atoms with van der Waals surface area (Å²) in [5, 5.41) is 11.5. The van der Waals surface area contributed by atoms with Gasteiger partial charge in [0.2, 0.25) is 0 Å². The minimum absolute atomic E-state index is 0.308. The largest absolute Gasteiger partial charge is 0.493 e. The summed E-state index contributed by atoms with van der Waals surface area (Å²) in [5.41, 5.74) is 3.30. The second-order valence-corrected chi connectivity index (χ2v) is 7.87. The van der Waals surface area contributed by atoms with E-state index in [2.05, 4.69) is 25.5 Å². The van der Waals surface area contributed by atoms with Crippen LogP contribution in [0.25, 0.3) is 33.4 Å².